The highest BCUT2D eigenvalue weighted by atomic mass is 32.1. The smallest absolute Gasteiger partial charge is 0.173 e. The maximum atomic E-state index is 11.1. The van der Waals surface area contributed by atoms with Crippen molar-refractivity contribution in [1.82, 2.24) is 5.32 Å². The van der Waals surface area contributed by atoms with Gasteiger partial charge in [-0.3, -0.25) is 4.79 Å². The number of ketones is 1. The van der Waals surface area contributed by atoms with Crippen LogP contribution in [0.1, 0.15) is 104 Å². The SMILES string of the molecule is C=C/C(=C\C=C(/C)NC)c1ccc(OC)c(CC)c1.C=Cc1c(/C=C\C)sc(C(C)=O)c1O.CCC1CCCCC1.CN. The molecule has 0 atom stereocenters. The number of nitrogens with two attached hydrogens (primary N) is 1. The van der Waals surface area contributed by atoms with Crippen molar-refractivity contribution >= 4 is 34.8 Å². The fourth-order valence-electron chi connectivity index (χ4n) is 4.57. The van der Waals surface area contributed by atoms with Crippen molar-refractivity contribution in [2.75, 3.05) is 21.2 Å². The van der Waals surface area contributed by atoms with E-state index in [-0.39, 0.29) is 11.5 Å². The van der Waals surface area contributed by atoms with E-state index in [0.29, 0.717) is 10.4 Å². The monoisotopic (exact) mass is 608 g/mol. The molecule has 238 valence electrons. The summed E-state index contributed by atoms with van der Waals surface area (Å²) in [5, 5.41) is 12.8. The van der Waals surface area contributed by atoms with E-state index in [9.17, 15) is 9.90 Å². The molecule has 1 fully saturated rings. The Hall–Kier alpha value is -3.35. The van der Waals surface area contributed by atoms with E-state index in [1.54, 1.807) is 13.2 Å². The van der Waals surface area contributed by atoms with Gasteiger partial charge in [0.2, 0.25) is 0 Å². The van der Waals surface area contributed by atoms with Crippen LogP contribution in [0.5, 0.6) is 11.5 Å². The summed E-state index contributed by atoms with van der Waals surface area (Å²) in [6.07, 6.45) is 21.2. The summed E-state index contributed by atoms with van der Waals surface area (Å²) in [6, 6.07) is 6.24. The number of rotatable bonds is 10. The zero-order valence-corrected chi connectivity index (χ0v) is 28.7. The Morgan fingerprint density at radius 1 is 1.14 bits per heavy atom. The molecule has 0 saturated heterocycles. The van der Waals surface area contributed by atoms with Crippen LogP contribution in [0.15, 0.2) is 61.4 Å². The van der Waals surface area contributed by atoms with Crippen molar-refractivity contribution in [2.24, 2.45) is 11.7 Å². The van der Waals surface area contributed by atoms with Crippen molar-refractivity contribution in [3.05, 3.63) is 87.8 Å². The molecule has 2 aromatic rings. The number of benzene rings is 1. The van der Waals surface area contributed by atoms with Gasteiger partial charge in [0, 0.05) is 30.1 Å². The lowest BCUT2D eigenvalue weighted by atomic mass is 9.88. The van der Waals surface area contributed by atoms with Gasteiger partial charge in [0.1, 0.15) is 16.4 Å². The quantitative estimate of drug-likeness (QED) is 0.185. The van der Waals surface area contributed by atoms with Crippen LogP contribution >= 0.6 is 11.3 Å². The third-order valence-corrected chi connectivity index (χ3v) is 8.47. The summed E-state index contributed by atoms with van der Waals surface area (Å²) in [4.78, 5) is 12.4. The number of aromatic hydroxyl groups is 1. The van der Waals surface area contributed by atoms with E-state index in [1.165, 1.54) is 69.4 Å². The summed E-state index contributed by atoms with van der Waals surface area (Å²) >= 11 is 1.29. The molecule has 1 aromatic carbocycles. The molecule has 0 unspecified atom stereocenters. The van der Waals surface area contributed by atoms with Crippen molar-refractivity contribution in [2.45, 2.75) is 79.6 Å². The second kappa shape index (κ2) is 23.1. The second-order valence-electron chi connectivity index (χ2n) is 10.0. The van der Waals surface area contributed by atoms with Crippen LogP contribution in [-0.2, 0) is 6.42 Å². The van der Waals surface area contributed by atoms with Gasteiger partial charge in [0.25, 0.3) is 0 Å². The Labute approximate surface area is 266 Å². The summed E-state index contributed by atoms with van der Waals surface area (Å²) in [7, 11) is 5.12. The number of Topliss-reactive ketones (excluding diaryl/α,β-unsaturated/α-hetero) is 1. The molecule has 1 aromatic heterocycles. The molecule has 5 nitrogen and oxygen atoms in total. The molecule has 1 aliphatic carbocycles. The van der Waals surface area contributed by atoms with E-state index >= 15 is 0 Å². The molecule has 0 bridgehead atoms. The molecule has 1 aliphatic rings. The number of hydrogen-bond acceptors (Lipinski definition) is 6. The van der Waals surface area contributed by atoms with Gasteiger partial charge in [0.05, 0.1) is 7.11 Å². The highest BCUT2D eigenvalue weighted by Crippen LogP contribution is 2.36. The van der Waals surface area contributed by atoms with Crippen molar-refractivity contribution in [1.29, 1.82) is 0 Å². The first-order chi connectivity index (χ1) is 20.7. The van der Waals surface area contributed by atoms with Gasteiger partial charge >= 0.3 is 0 Å². The molecule has 43 heavy (non-hydrogen) atoms. The number of carbonyl (C=O) groups is 1. The van der Waals surface area contributed by atoms with Gasteiger partial charge in [-0.25, -0.2) is 0 Å². The van der Waals surface area contributed by atoms with Crippen LogP contribution in [0.3, 0.4) is 0 Å². The topological polar surface area (TPSA) is 84.6 Å². The summed E-state index contributed by atoms with van der Waals surface area (Å²) in [5.74, 6) is 1.96. The molecular formula is C37H56N2O3S. The number of hydrogen-bond donors (Lipinski definition) is 3. The Morgan fingerprint density at radius 2 is 1.79 bits per heavy atom. The van der Waals surface area contributed by atoms with Crippen LogP contribution in [0.4, 0.5) is 0 Å². The maximum Gasteiger partial charge on any atom is 0.173 e. The van der Waals surface area contributed by atoms with Gasteiger partial charge in [-0.15, -0.1) is 11.3 Å². The predicted octanol–water partition coefficient (Wildman–Crippen LogP) is 9.83. The number of nitrogens with one attached hydrogen (secondary N) is 1. The van der Waals surface area contributed by atoms with Crippen LogP contribution in [0.25, 0.3) is 17.7 Å². The van der Waals surface area contributed by atoms with Gasteiger partial charge in [-0.05, 0) is 74.2 Å². The lowest BCUT2D eigenvalue weighted by molar-refractivity contribution is 0.101. The van der Waals surface area contributed by atoms with Crippen LogP contribution in [0.2, 0.25) is 0 Å². The highest BCUT2D eigenvalue weighted by molar-refractivity contribution is 7.15. The molecule has 6 heteroatoms. The van der Waals surface area contributed by atoms with Crippen LogP contribution in [0, 0.1) is 5.92 Å². The van der Waals surface area contributed by atoms with Gasteiger partial charge < -0.3 is 20.9 Å². The molecule has 1 heterocycles. The zero-order chi connectivity index (χ0) is 32.8. The van der Waals surface area contributed by atoms with Crippen LogP contribution < -0.4 is 15.8 Å². The minimum Gasteiger partial charge on any atom is -0.506 e. The van der Waals surface area contributed by atoms with Gasteiger partial charge in [-0.1, -0.05) is 95.9 Å². The number of aryl methyl sites for hydroxylation is 1. The number of allylic oxidation sites excluding steroid dienone is 6. The van der Waals surface area contributed by atoms with E-state index in [2.05, 4.69) is 56.3 Å². The zero-order valence-electron chi connectivity index (χ0n) is 27.9. The fraction of sp³-hybridized carbons (Fsp3) is 0.432. The first kappa shape index (κ1) is 39.6. The largest absolute Gasteiger partial charge is 0.506 e. The van der Waals surface area contributed by atoms with E-state index in [1.807, 2.05) is 51.3 Å². The van der Waals surface area contributed by atoms with Gasteiger partial charge in [0.15, 0.2) is 5.78 Å². The Kier molecular flexibility index (Phi) is 21.3. The molecular weight excluding hydrogens is 552 g/mol. The van der Waals surface area contributed by atoms with Crippen LogP contribution in [-0.4, -0.2) is 32.1 Å². The van der Waals surface area contributed by atoms with Gasteiger partial charge in [-0.2, -0.15) is 0 Å². The first-order valence-electron chi connectivity index (χ1n) is 15.3. The number of thiophene rings is 1. The van der Waals surface area contributed by atoms with Crippen molar-refractivity contribution in [3.63, 3.8) is 0 Å². The number of ether oxygens (including phenoxy) is 1. The minimum atomic E-state index is -0.119. The molecule has 0 aliphatic heterocycles. The first-order valence-corrected chi connectivity index (χ1v) is 16.1. The molecule has 0 spiro atoms. The maximum absolute atomic E-state index is 11.1. The second-order valence-corrected chi connectivity index (χ2v) is 11.1. The average molecular weight is 609 g/mol. The predicted molar refractivity (Wildman–Crippen MR) is 191 cm³/mol. The van der Waals surface area contributed by atoms with Crippen molar-refractivity contribution < 1.29 is 14.6 Å². The fourth-order valence-corrected chi connectivity index (χ4v) is 5.64. The van der Waals surface area contributed by atoms with Crippen molar-refractivity contribution in [3.8, 4) is 11.5 Å². The molecule has 0 amide bonds. The number of carbonyl (C=O) groups excluding carboxylic acids is 1. The Morgan fingerprint density at radius 3 is 2.23 bits per heavy atom. The molecule has 4 N–H and O–H groups in total. The minimum absolute atomic E-state index is 0.0469. The standard InChI is InChI=1S/C17H23NO.C11H12O2S.C8H16.CH5N/c1-6-14(9-8-13(3)18-4)16-10-11-17(19-5)15(7-2)12-16;1-4-6-9-8(5-2)10(13)11(14-9)7(3)12;1-2-8-6-4-3-5-7-8;1-2/h6,8-12,18H,1,7H2,2-5H3;4-6,13H,2H2,1,3H3;8H,2-7H2,1H3;2H2,1H3/b13-8+,14-9+;6-4-;;. The molecule has 0 radical (unpaired) electrons. The number of methoxy groups -OCH3 is 1. The summed E-state index contributed by atoms with van der Waals surface area (Å²) in [6.45, 7) is 17.3. The lowest BCUT2D eigenvalue weighted by Gasteiger charge is -2.18. The average Bonchev–Trinajstić information content (AvgIpc) is 3.37. The van der Waals surface area contributed by atoms with E-state index in [4.69, 9.17) is 4.74 Å². The normalized spacial score (nSPS) is 13.4. The lowest BCUT2D eigenvalue weighted by Crippen LogP contribution is -2.03. The third kappa shape index (κ3) is 13.7. The Bertz CT molecular complexity index is 1210. The molecule has 3 rings (SSSR count). The molecule has 1 saturated carbocycles. The Balaban J connectivity index is 0.000000642. The third-order valence-electron chi connectivity index (χ3n) is 7.21. The highest BCUT2D eigenvalue weighted by Gasteiger charge is 2.16. The summed E-state index contributed by atoms with van der Waals surface area (Å²) < 4.78 is 5.35. The summed E-state index contributed by atoms with van der Waals surface area (Å²) in [5.41, 5.74) is 9.73. The van der Waals surface area contributed by atoms with E-state index < -0.39 is 0 Å². The van der Waals surface area contributed by atoms with E-state index in [0.717, 1.165) is 39.8 Å².